The first-order valence-electron chi connectivity index (χ1n) is 5.45. The maximum absolute atomic E-state index is 9.39. The van der Waals surface area contributed by atoms with Crippen LogP contribution in [0.25, 0.3) is 0 Å². The van der Waals surface area contributed by atoms with Gasteiger partial charge >= 0.3 is 0 Å². The van der Waals surface area contributed by atoms with Crippen molar-refractivity contribution in [3.8, 4) is 11.5 Å². The van der Waals surface area contributed by atoms with Gasteiger partial charge in [0.15, 0.2) is 0 Å². The summed E-state index contributed by atoms with van der Waals surface area (Å²) in [6.07, 6.45) is 2.10. The van der Waals surface area contributed by atoms with Gasteiger partial charge in [0.1, 0.15) is 11.5 Å². The van der Waals surface area contributed by atoms with Gasteiger partial charge in [0.25, 0.3) is 0 Å². The molecule has 3 heteroatoms. The monoisotopic (exact) mass is 209 g/mol. The van der Waals surface area contributed by atoms with Gasteiger partial charge in [-0.3, -0.25) is 0 Å². The number of hydrogen-bond donors (Lipinski definition) is 2. The first-order chi connectivity index (χ1) is 7.17. The molecule has 84 valence electrons. The van der Waals surface area contributed by atoms with E-state index in [1.54, 1.807) is 12.1 Å². The fourth-order valence-corrected chi connectivity index (χ4v) is 1.67. The molecule has 0 saturated carbocycles. The van der Waals surface area contributed by atoms with E-state index in [2.05, 4.69) is 18.7 Å². The molecule has 0 atom stereocenters. The van der Waals surface area contributed by atoms with Crippen LogP contribution in [0.1, 0.15) is 26.7 Å². The van der Waals surface area contributed by atoms with Crippen molar-refractivity contribution in [2.24, 2.45) is 0 Å². The predicted octanol–water partition coefficient (Wildman–Crippen LogP) is 2.72. The molecule has 0 unspecified atom stereocenters. The third kappa shape index (κ3) is 3.35. The molecule has 0 aliphatic heterocycles. The van der Waals surface area contributed by atoms with E-state index in [1.807, 2.05) is 0 Å². The average molecular weight is 209 g/mol. The van der Waals surface area contributed by atoms with E-state index in [4.69, 9.17) is 0 Å². The number of benzene rings is 1. The number of hydrogen-bond acceptors (Lipinski definition) is 3. The molecule has 1 rings (SSSR count). The number of aromatic hydroxyl groups is 2. The van der Waals surface area contributed by atoms with Gasteiger partial charge in [-0.25, -0.2) is 0 Å². The van der Waals surface area contributed by atoms with Gasteiger partial charge in [0.05, 0.1) is 0 Å². The summed E-state index contributed by atoms with van der Waals surface area (Å²) >= 11 is 0. The molecular formula is C12H19NO2. The van der Waals surface area contributed by atoms with Crippen LogP contribution in [0.3, 0.4) is 0 Å². The molecule has 1 aromatic rings. The average Bonchev–Trinajstić information content (AvgIpc) is 2.16. The normalized spacial score (nSPS) is 10.3. The van der Waals surface area contributed by atoms with Gasteiger partial charge in [-0.05, 0) is 12.8 Å². The Balaban J connectivity index is 2.88. The Labute approximate surface area is 91.0 Å². The van der Waals surface area contributed by atoms with Gasteiger partial charge < -0.3 is 15.1 Å². The van der Waals surface area contributed by atoms with Crippen LogP contribution in [-0.4, -0.2) is 23.3 Å². The van der Waals surface area contributed by atoms with Crippen molar-refractivity contribution < 1.29 is 10.2 Å². The molecule has 0 aliphatic carbocycles. The van der Waals surface area contributed by atoms with Crippen molar-refractivity contribution in [3.05, 3.63) is 18.2 Å². The molecule has 2 N–H and O–H groups in total. The Morgan fingerprint density at radius 2 is 1.40 bits per heavy atom. The summed E-state index contributed by atoms with van der Waals surface area (Å²) in [4.78, 5) is 2.17. The number of nitrogens with zero attached hydrogens (tertiary/aromatic N) is 1. The minimum Gasteiger partial charge on any atom is -0.508 e. The first kappa shape index (κ1) is 11.7. The fourth-order valence-electron chi connectivity index (χ4n) is 1.67. The molecule has 0 saturated heterocycles. The standard InChI is InChI=1S/C12H19NO2/c1-3-5-13(6-4-2)10-7-11(14)9-12(15)8-10/h7-9,14-15H,3-6H2,1-2H3. The molecule has 0 aliphatic rings. The van der Waals surface area contributed by atoms with E-state index >= 15 is 0 Å². The van der Waals surface area contributed by atoms with Gasteiger partial charge in [-0.1, -0.05) is 13.8 Å². The molecule has 15 heavy (non-hydrogen) atoms. The Morgan fingerprint density at radius 3 is 1.80 bits per heavy atom. The molecule has 0 fully saturated rings. The predicted molar refractivity (Wildman–Crippen MR) is 62.6 cm³/mol. The van der Waals surface area contributed by atoms with Crippen LogP contribution in [0.5, 0.6) is 11.5 Å². The zero-order valence-corrected chi connectivity index (χ0v) is 9.40. The van der Waals surface area contributed by atoms with Crippen LogP contribution in [-0.2, 0) is 0 Å². The lowest BCUT2D eigenvalue weighted by Crippen LogP contribution is -2.24. The van der Waals surface area contributed by atoms with Crippen LogP contribution < -0.4 is 4.90 Å². The smallest absolute Gasteiger partial charge is 0.121 e. The summed E-state index contributed by atoms with van der Waals surface area (Å²) in [5, 5.41) is 18.8. The Kier molecular flexibility index (Phi) is 4.28. The van der Waals surface area contributed by atoms with Crippen molar-refractivity contribution in [2.45, 2.75) is 26.7 Å². The maximum atomic E-state index is 9.39. The minimum absolute atomic E-state index is 0.113. The Morgan fingerprint density at radius 1 is 0.933 bits per heavy atom. The highest BCUT2D eigenvalue weighted by Crippen LogP contribution is 2.27. The van der Waals surface area contributed by atoms with E-state index in [0.717, 1.165) is 31.6 Å². The van der Waals surface area contributed by atoms with Gasteiger partial charge in [-0.2, -0.15) is 0 Å². The third-order valence-electron chi connectivity index (χ3n) is 2.24. The molecule has 0 bridgehead atoms. The second-order valence-corrected chi connectivity index (χ2v) is 3.69. The van der Waals surface area contributed by atoms with Crippen molar-refractivity contribution in [2.75, 3.05) is 18.0 Å². The van der Waals surface area contributed by atoms with E-state index in [-0.39, 0.29) is 11.5 Å². The number of anilines is 1. The van der Waals surface area contributed by atoms with Gasteiger partial charge in [0.2, 0.25) is 0 Å². The van der Waals surface area contributed by atoms with Gasteiger partial charge in [0, 0.05) is 37.0 Å². The molecule has 1 aromatic carbocycles. The van der Waals surface area contributed by atoms with E-state index in [0.29, 0.717) is 0 Å². The fraction of sp³-hybridized carbons (Fsp3) is 0.500. The van der Waals surface area contributed by atoms with Crippen LogP contribution in [0.2, 0.25) is 0 Å². The van der Waals surface area contributed by atoms with Crippen LogP contribution in [0.15, 0.2) is 18.2 Å². The first-order valence-corrected chi connectivity index (χ1v) is 5.45. The SMILES string of the molecule is CCCN(CCC)c1cc(O)cc(O)c1. The molecule has 0 aromatic heterocycles. The second kappa shape index (κ2) is 5.49. The summed E-state index contributed by atoms with van der Waals surface area (Å²) in [5.74, 6) is 0.226. The lowest BCUT2D eigenvalue weighted by atomic mass is 10.2. The van der Waals surface area contributed by atoms with Crippen molar-refractivity contribution in [1.29, 1.82) is 0 Å². The highest BCUT2D eigenvalue weighted by Gasteiger charge is 2.06. The second-order valence-electron chi connectivity index (χ2n) is 3.69. The topological polar surface area (TPSA) is 43.7 Å². The van der Waals surface area contributed by atoms with E-state index in [1.165, 1.54) is 6.07 Å². The quantitative estimate of drug-likeness (QED) is 0.783. The zero-order chi connectivity index (χ0) is 11.3. The summed E-state index contributed by atoms with van der Waals surface area (Å²) in [7, 11) is 0. The highest BCUT2D eigenvalue weighted by atomic mass is 16.3. The summed E-state index contributed by atoms with van der Waals surface area (Å²) in [6.45, 7) is 6.12. The summed E-state index contributed by atoms with van der Waals surface area (Å²) < 4.78 is 0. The number of phenols is 2. The Hall–Kier alpha value is -1.38. The molecule has 0 radical (unpaired) electrons. The summed E-state index contributed by atoms with van der Waals surface area (Å²) in [5.41, 5.74) is 0.885. The van der Waals surface area contributed by atoms with Crippen molar-refractivity contribution in [1.82, 2.24) is 0 Å². The zero-order valence-electron chi connectivity index (χ0n) is 9.40. The van der Waals surface area contributed by atoms with Crippen LogP contribution in [0, 0.1) is 0 Å². The van der Waals surface area contributed by atoms with Crippen molar-refractivity contribution >= 4 is 5.69 Å². The number of rotatable bonds is 5. The molecule has 0 heterocycles. The van der Waals surface area contributed by atoms with Gasteiger partial charge in [-0.15, -0.1) is 0 Å². The lowest BCUT2D eigenvalue weighted by Gasteiger charge is -2.23. The minimum atomic E-state index is 0.113. The Bertz CT molecular complexity index is 286. The largest absolute Gasteiger partial charge is 0.508 e. The lowest BCUT2D eigenvalue weighted by molar-refractivity contribution is 0.450. The van der Waals surface area contributed by atoms with Crippen molar-refractivity contribution in [3.63, 3.8) is 0 Å². The summed E-state index contributed by atoms with van der Waals surface area (Å²) in [6, 6.07) is 4.72. The molecular weight excluding hydrogens is 190 g/mol. The molecule has 0 spiro atoms. The maximum Gasteiger partial charge on any atom is 0.121 e. The third-order valence-corrected chi connectivity index (χ3v) is 2.24. The molecule has 0 amide bonds. The van der Waals surface area contributed by atoms with E-state index < -0.39 is 0 Å². The van der Waals surface area contributed by atoms with Crippen LogP contribution >= 0.6 is 0 Å². The van der Waals surface area contributed by atoms with Crippen LogP contribution in [0.4, 0.5) is 5.69 Å². The highest BCUT2D eigenvalue weighted by molar-refractivity contribution is 5.54. The van der Waals surface area contributed by atoms with E-state index in [9.17, 15) is 10.2 Å². The molecule has 3 nitrogen and oxygen atoms in total. The number of phenolic OH excluding ortho intramolecular Hbond substituents is 2.